The first kappa shape index (κ1) is 21.6. The molecule has 3 rings (SSSR count). The Kier molecular flexibility index (Phi) is 8.58. The molecular weight excluding hydrogens is 386 g/mol. The van der Waals surface area contributed by atoms with Gasteiger partial charge in [-0.05, 0) is 31.5 Å². The molecule has 2 aromatic rings. The molecule has 0 aliphatic carbocycles. The van der Waals surface area contributed by atoms with Gasteiger partial charge in [-0.3, -0.25) is 4.79 Å². The zero-order valence-corrected chi connectivity index (χ0v) is 16.0. The Hall–Kier alpha value is -1.41. The van der Waals surface area contributed by atoms with Crippen LogP contribution in [-0.4, -0.2) is 30.5 Å². The van der Waals surface area contributed by atoms with Gasteiger partial charge in [-0.1, -0.05) is 6.07 Å². The van der Waals surface area contributed by atoms with Crippen molar-refractivity contribution in [2.24, 2.45) is 5.73 Å². The van der Waals surface area contributed by atoms with Gasteiger partial charge in [0.15, 0.2) is 0 Å². The summed E-state index contributed by atoms with van der Waals surface area (Å²) in [6.07, 6.45) is 2.80. The summed E-state index contributed by atoms with van der Waals surface area (Å²) in [6.45, 7) is 2.24. The van der Waals surface area contributed by atoms with E-state index in [-0.39, 0.29) is 30.5 Å². The van der Waals surface area contributed by atoms with Crippen LogP contribution >= 0.6 is 36.2 Å². The first-order valence-corrected chi connectivity index (χ1v) is 8.56. The molecule has 1 saturated heterocycles. The summed E-state index contributed by atoms with van der Waals surface area (Å²) < 4.78 is 14.2. The van der Waals surface area contributed by atoms with Crippen molar-refractivity contribution < 1.29 is 9.18 Å². The van der Waals surface area contributed by atoms with Gasteiger partial charge in [-0.25, -0.2) is 9.37 Å². The highest BCUT2D eigenvalue weighted by molar-refractivity contribution is 7.09. The predicted octanol–water partition coefficient (Wildman–Crippen LogP) is 3.48. The Morgan fingerprint density at radius 3 is 2.72 bits per heavy atom. The average Bonchev–Trinajstić information content (AvgIpc) is 3.21. The Bertz CT molecular complexity index is 707. The molecule has 1 amide bonds. The van der Waals surface area contributed by atoms with Gasteiger partial charge >= 0.3 is 0 Å². The minimum atomic E-state index is -0.430. The Labute approximate surface area is 162 Å². The number of aromatic nitrogens is 1. The van der Waals surface area contributed by atoms with Crippen LogP contribution < -0.4 is 16.0 Å². The molecule has 138 valence electrons. The number of hydrogen-bond donors (Lipinski definition) is 2. The third-order valence-electron chi connectivity index (χ3n) is 3.82. The van der Waals surface area contributed by atoms with E-state index < -0.39 is 11.7 Å². The topological polar surface area (TPSA) is 71.2 Å². The van der Waals surface area contributed by atoms with Gasteiger partial charge in [0.2, 0.25) is 0 Å². The minimum Gasteiger partial charge on any atom is -0.370 e. The van der Waals surface area contributed by atoms with Crippen molar-refractivity contribution in [3.8, 4) is 0 Å². The molecule has 0 saturated carbocycles. The van der Waals surface area contributed by atoms with Gasteiger partial charge in [0.05, 0.1) is 10.7 Å². The fourth-order valence-electron chi connectivity index (χ4n) is 2.69. The summed E-state index contributed by atoms with van der Waals surface area (Å²) in [5.41, 5.74) is 6.75. The number of hydrogen-bond acceptors (Lipinski definition) is 5. The van der Waals surface area contributed by atoms with Crippen molar-refractivity contribution in [3.63, 3.8) is 0 Å². The number of benzene rings is 1. The number of nitrogens with two attached hydrogens (primary N) is 1. The smallest absolute Gasteiger partial charge is 0.275 e. The fraction of sp³-hybridized carbons (Fsp3) is 0.375. The van der Waals surface area contributed by atoms with E-state index in [2.05, 4.69) is 15.2 Å². The highest BCUT2D eigenvalue weighted by Gasteiger charge is 2.21. The highest BCUT2D eigenvalue weighted by Crippen LogP contribution is 2.31. The van der Waals surface area contributed by atoms with Gasteiger partial charge in [-0.2, -0.15) is 0 Å². The lowest BCUT2D eigenvalue weighted by molar-refractivity contribution is 0.102. The van der Waals surface area contributed by atoms with Crippen molar-refractivity contribution in [3.05, 3.63) is 40.1 Å². The van der Waals surface area contributed by atoms with Crippen molar-refractivity contribution in [1.29, 1.82) is 0 Å². The lowest BCUT2D eigenvalue weighted by Gasteiger charge is -2.21. The molecule has 2 heterocycles. The third-order valence-corrected chi connectivity index (χ3v) is 4.73. The van der Waals surface area contributed by atoms with Crippen LogP contribution in [0.1, 0.15) is 28.3 Å². The molecule has 5 nitrogen and oxygen atoms in total. The molecule has 0 atom stereocenters. The number of carbonyl (C=O) groups excluding carboxylic acids is 1. The molecule has 1 aromatic carbocycles. The minimum absolute atomic E-state index is 0. The van der Waals surface area contributed by atoms with Crippen LogP contribution in [0.5, 0.6) is 0 Å². The second-order valence-electron chi connectivity index (χ2n) is 5.45. The highest BCUT2D eigenvalue weighted by atomic mass is 35.5. The first-order valence-electron chi connectivity index (χ1n) is 7.68. The lowest BCUT2D eigenvalue weighted by Crippen LogP contribution is -2.22. The maximum atomic E-state index is 14.2. The summed E-state index contributed by atoms with van der Waals surface area (Å²) in [4.78, 5) is 18.7. The fourth-order valence-corrected chi connectivity index (χ4v) is 3.48. The predicted molar refractivity (Wildman–Crippen MR) is 105 cm³/mol. The van der Waals surface area contributed by atoms with Crippen LogP contribution in [0.4, 0.5) is 15.8 Å². The number of para-hydroxylation sites is 1. The van der Waals surface area contributed by atoms with Crippen LogP contribution in [-0.2, 0) is 6.42 Å². The number of nitrogens with zero attached hydrogens (tertiary/aromatic N) is 2. The van der Waals surface area contributed by atoms with Gasteiger partial charge in [-0.15, -0.1) is 36.2 Å². The lowest BCUT2D eigenvalue weighted by atomic mass is 10.2. The maximum absolute atomic E-state index is 14.2. The van der Waals surface area contributed by atoms with Crippen LogP contribution in [0.2, 0.25) is 0 Å². The summed E-state index contributed by atoms with van der Waals surface area (Å²) in [5.74, 6) is -0.824. The maximum Gasteiger partial charge on any atom is 0.275 e. The average molecular weight is 407 g/mol. The molecule has 0 unspecified atom stereocenters. The zero-order valence-electron chi connectivity index (χ0n) is 13.5. The SMILES string of the molecule is Cl.Cl.NCCc1nc(C(=O)Nc2c(F)cccc2N2CCCC2)cs1. The number of halogens is 3. The molecule has 25 heavy (non-hydrogen) atoms. The molecule has 0 radical (unpaired) electrons. The molecule has 1 aliphatic rings. The van der Waals surface area contributed by atoms with Gasteiger partial charge in [0.25, 0.3) is 5.91 Å². The second-order valence-corrected chi connectivity index (χ2v) is 6.39. The number of amides is 1. The van der Waals surface area contributed by atoms with E-state index in [0.717, 1.165) is 36.6 Å². The van der Waals surface area contributed by atoms with Crippen molar-refractivity contribution in [2.75, 3.05) is 29.9 Å². The molecule has 0 spiro atoms. The third kappa shape index (κ3) is 5.04. The quantitative estimate of drug-likeness (QED) is 0.796. The molecule has 1 aliphatic heterocycles. The number of anilines is 2. The van der Waals surface area contributed by atoms with Crippen molar-refractivity contribution in [1.82, 2.24) is 4.98 Å². The summed E-state index contributed by atoms with van der Waals surface area (Å²) in [6, 6.07) is 4.86. The number of rotatable bonds is 5. The van der Waals surface area contributed by atoms with Crippen molar-refractivity contribution in [2.45, 2.75) is 19.3 Å². The van der Waals surface area contributed by atoms with Gasteiger partial charge in [0, 0.05) is 24.9 Å². The second kappa shape index (κ2) is 9.91. The van der Waals surface area contributed by atoms with E-state index in [1.165, 1.54) is 17.4 Å². The summed E-state index contributed by atoms with van der Waals surface area (Å²) in [5, 5.41) is 5.17. The Balaban J connectivity index is 0.00000156. The molecule has 1 fully saturated rings. The van der Waals surface area contributed by atoms with Gasteiger partial charge < -0.3 is 16.0 Å². The monoisotopic (exact) mass is 406 g/mol. The molecule has 0 bridgehead atoms. The van der Waals surface area contributed by atoms with E-state index in [1.54, 1.807) is 11.4 Å². The largest absolute Gasteiger partial charge is 0.370 e. The Morgan fingerprint density at radius 2 is 2.04 bits per heavy atom. The number of nitrogens with one attached hydrogen (secondary N) is 1. The van der Waals surface area contributed by atoms with E-state index in [4.69, 9.17) is 5.73 Å². The normalized spacial score (nSPS) is 13.1. The van der Waals surface area contributed by atoms with Crippen LogP contribution in [0.3, 0.4) is 0 Å². The molecule has 9 heteroatoms. The van der Waals surface area contributed by atoms with Crippen LogP contribution in [0.15, 0.2) is 23.6 Å². The van der Waals surface area contributed by atoms with E-state index >= 15 is 0 Å². The number of thiazole rings is 1. The molecule has 3 N–H and O–H groups in total. The van der Waals surface area contributed by atoms with E-state index in [0.29, 0.717) is 18.7 Å². The molecule has 1 aromatic heterocycles. The van der Waals surface area contributed by atoms with Crippen molar-refractivity contribution >= 4 is 53.4 Å². The van der Waals surface area contributed by atoms with Gasteiger partial charge in [0.1, 0.15) is 17.2 Å². The van der Waals surface area contributed by atoms with E-state index in [9.17, 15) is 9.18 Å². The summed E-state index contributed by atoms with van der Waals surface area (Å²) >= 11 is 1.39. The Morgan fingerprint density at radius 1 is 1.32 bits per heavy atom. The van der Waals surface area contributed by atoms with Crippen LogP contribution in [0, 0.1) is 5.82 Å². The zero-order chi connectivity index (χ0) is 16.2. The number of carbonyl (C=O) groups is 1. The summed E-state index contributed by atoms with van der Waals surface area (Å²) in [7, 11) is 0. The van der Waals surface area contributed by atoms with E-state index in [1.807, 2.05) is 6.07 Å². The standard InChI is InChI=1S/C16H19FN4OS.2ClH/c17-11-4-3-5-13(21-8-1-2-9-21)15(11)20-16(22)12-10-23-14(19-12)6-7-18;;/h3-5,10H,1-2,6-9,18H2,(H,20,22);2*1H. The molecular formula is C16H21Cl2FN4OS. The van der Waals surface area contributed by atoms with Crippen LogP contribution in [0.25, 0.3) is 0 Å². The first-order chi connectivity index (χ1) is 11.2.